The topological polar surface area (TPSA) is 68.0 Å². The number of benzene rings is 1. The molecule has 1 aromatic carbocycles. The monoisotopic (exact) mass is 275 g/mol. The maximum Gasteiger partial charge on any atom is 0.226 e. The summed E-state index contributed by atoms with van der Waals surface area (Å²) in [6.07, 6.45) is 2.22. The predicted octanol–water partition coefficient (Wildman–Crippen LogP) is 2.02. The van der Waals surface area contributed by atoms with Gasteiger partial charge in [0.1, 0.15) is 0 Å². The molecule has 0 spiro atoms. The number of carbonyl (C=O) groups excluding carboxylic acids is 1. The number of nitrogens with zero attached hydrogens (tertiary/aromatic N) is 1. The van der Waals surface area contributed by atoms with Gasteiger partial charge in [0, 0.05) is 11.9 Å². The molecule has 0 atom stereocenters. The van der Waals surface area contributed by atoms with Gasteiger partial charge in [0.25, 0.3) is 0 Å². The summed E-state index contributed by atoms with van der Waals surface area (Å²) in [7, 11) is 0. The maximum absolute atomic E-state index is 11.6. The Labute approximate surface area is 116 Å². The van der Waals surface area contributed by atoms with Gasteiger partial charge in [-0.1, -0.05) is 30.3 Å². The average molecular weight is 275 g/mol. The molecule has 0 radical (unpaired) electrons. The van der Waals surface area contributed by atoms with E-state index in [2.05, 4.69) is 22.4 Å². The lowest BCUT2D eigenvalue weighted by Crippen LogP contribution is -2.26. The van der Waals surface area contributed by atoms with Crippen molar-refractivity contribution >= 4 is 22.4 Å². The first kappa shape index (κ1) is 13.5. The number of nitrogen functional groups attached to an aromatic ring is 1. The summed E-state index contributed by atoms with van der Waals surface area (Å²) in [5.41, 5.74) is 7.55. The van der Waals surface area contributed by atoms with Crippen LogP contribution in [0, 0.1) is 0 Å². The summed E-state index contributed by atoms with van der Waals surface area (Å²) >= 11 is 1.36. The number of aryl methyl sites for hydroxylation is 1. The van der Waals surface area contributed by atoms with Crippen LogP contribution in [0.15, 0.2) is 35.7 Å². The highest BCUT2D eigenvalue weighted by molar-refractivity contribution is 7.13. The zero-order chi connectivity index (χ0) is 13.5. The minimum absolute atomic E-state index is 0.00152. The van der Waals surface area contributed by atoms with Gasteiger partial charge in [-0.05, 0) is 18.4 Å². The Kier molecular flexibility index (Phi) is 4.92. The van der Waals surface area contributed by atoms with Crippen LogP contribution in [0.1, 0.15) is 17.7 Å². The predicted molar refractivity (Wildman–Crippen MR) is 78.0 cm³/mol. The highest BCUT2D eigenvalue weighted by atomic mass is 32.1. The van der Waals surface area contributed by atoms with Crippen LogP contribution in [0.5, 0.6) is 0 Å². The number of nitrogens with two attached hydrogens (primary N) is 1. The second-order valence-electron chi connectivity index (χ2n) is 4.29. The van der Waals surface area contributed by atoms with E-state index in [-0.39, 0.29) is 5.91 Å². The molecular weight excluding hydrogens is 258 g/mol. The van der Waals surface area contributed by atoms with Crippen LogP contribution in [0.2, 0.25) is 0 Å². The number of thiazole rings is 1. The molecule has 2 rings (SSSR count). The fourth-order valence-electron chi connectivity index (χ4n) is 1.80. The Bertz CT molecular complexity index is 524. The van der Waals surface area contributed by atoms with Gasteiger partial charge >= 0.3 is 0 Å². The summed E-state index contributed by atoms with van der Waals surface area (Å²) in [4.78, 5) is 15.7. The van der Waals surface area contributed by atoms with E-state index in [1.807, 2.05) is 23.6 Å². The van der Waals surface area contributed by atoms with Crippen LogP contribution in [-0.4, -0.2) is 17.4 Å². The van der Waals surface area contributed by atoms with E-state index in [4.69, 9.17) is 5.73 Å². The van der Waals surface area contributed by atoms with Crippen molar-refractivity contribution in [3.05, 3.63) is 47.0 Å². The fraction of sp³-hybridized carbons (Fsp3) is 0.286. The Morgan fingerprint density at radius 2 is 2.11 bits per heavy atom. The highest BCUT2D eigenvalue weighted by Gasteiger charge is 2.05. The van der Waals surface area contributed by atoms with Gasteiger partial charge in [-0.25, -0.2) is 4.98 Å². The molecule has 0 aliphatic carbocycles. The third kappa shape index (κ3) is 4.71. The van der Waals surface area contributed by atoms with E-state index in [1.165, 1.54) is 16.9 Å². The average Bonchev–Trinajstić information content (AvgIpc) is 2.81. The number of hydrogen-bond acceptors (Lipinski definition) is 4. The van der Waals surface area contributed by atoms with E-state index < -0.39 is 0 Å². The second kappa shape index (κ2) is 6.89. The van der Waals surface area contributed by atoms with Crippen LogP contribution in [0.4, 0.5) is 5.13 Å². The van der Waals surface area contributed by atoms with Crippen LogP contribution in [0.3, 0.4) is 0 Å². The maximum atomic E-state index is 11.6. The van der Waals surface area contributed by atoms with Crippen molar-refractivity contribution in [1.29, 1.82) is 0 Å². The molecule has 0 bridgehead atoms. The Balaban J connectivity index is 1.64. The molecule has 1 amide bonds. The third-order valence-corrected chi connectivity index (χ3v) is 3.44. The third-order valence-electron chi connectivity index (χ3n) is 2.72. The number of hydrogen-bond donors (Lipinski definition) is 2. The molecule has 4 nitrogen and oxygen atoms in total. The smallest absolute Gasteiger partial charge is 0.226 e. The molecule has 19 heavy (non-hydrogen) atoms. The zero-order valence-corrected chi connectivity index (χ0v) is 11.5. The molecule has 1 heterocycles. The number of carbonyl (C=O) groups is 1. The highest BCUT2D eigenvalue weighted by Crippen LogP contribution is 2.11. The minimum Gasteiger partial charge on any atom is -0.375 e. The van der Waals surface area contributed by atoms with Gasteiger partial charge in [0.05, 0.1) is 12.1 Å². The van der Waals surface area contributed by atoms with Gasteiger partial charge in [-0.2, -0.15) is 0 Å². The SMILES string of the molecule is Nc1nc(CC(=O)NCCCc2ccccc2)cs1. The number of nitrogens with one attached hydrogen (secondary N) is 1. The standard InChI is InChI=1S/C14H17N3OS/c15-14-17-12(10-19-14)9-13(18)16-8-4-7-11-5-2-1-3-6-11/h1-3,5-6,10H,4,7-9H2,(H2,15,17)(H,16,18). The summed E-state index contributed by atoms with van der Waals surface area (Å²) in [6.45, 7) is 0.688. The van der Waals surface area contributed by atoms with Gasteiger partial charge in [-0.3, -0.25) is 4.79 Å². The minimum atomic E-state index is -0.00152. The van der Waals surface area contributed by atoms with Crippen molar-refractivity contribution in [2.24, 2.45) is 0 Å². The molecule has 0 fully saturated rings. The van der Waals surface area contributed by atoms with E-state index in [1.54, 1.807) is 0 Å². The Hall–Kier alpha value is -1.88. The van der Waals surface area contributed by atoms with Gasteiger partial charge < -0.3 is 11.1 Å². The molecular formula is C14H17N3OS. The van der Waals surface area contributed by atoms with Crippen LogP contribution < -0.4 is 11.1 Å². The number of amides is 1. The van der Waals surface area contributed by atoms with Crippen LogP contribution >= 0.6 is 11.3 Å². The van der Waals surface area contributed by atoms with Crippen molar-refractivity contribution < 1.29 is 4.79 Å². The van der Waals surface area contributed by atoms with E-state index in [0.29, 0.717) is 18.1 Å². The molecule has 0 saturated heterocycles. The number of anilines is 1. The Morgan fingerprint density at radius 3 is 2.79 bits per heavy atom. The van der Waals surface area contributed by atoms with Crippen molar-refractivity contribution in [1.82, 2.24) is 10.3 Å². The van der Waals surface area contributed by atoms with E-state index >= 15 is 0 Å². The second-order valence-corrected chi connectivity index (χ2v) is 5.18. The zero-order valence-electron chi connectivity index (χ0n) is 10.6. The number of aromatic nitrogens is 1. The molecule has 3 N–H and O–H groups in total. The molecule has 5 heteroatoms. The summed E-state index contributed by atoms with van der Waals surface area (Å²) < 4.78 is 0. The van der Waals surface area contributed by atoms with E-state index in [0.717, 1.165) is 18.5 Å². The fourth-order valence-corrected chi connectivity index (χ4v) is 2.36. The first-order valence-corrected chi connectivity index (χ1v) is 7.12. The number of rotatable bonds is 6. The molecule has 100 valence electrons. The normalized spacial score (nSPS) is 10.3. The summed E-state index contributed by atoms with van der Waals surface area (Å²) in [5, 5.41) is 5.22. The molecule has 2 aromatic rings. The largest absolute Gasteiger partial charge is 0.375 e. The first-order valence-electron chi connectivity index (χ1n) is 6.24. The lowest BCUT2D eigenvalue weighted by Gasteiger charge is -2.04. The van der Waals surface area contributed by atoms with Crippen molar-refractivity contribution in [3.8, 4) is 0 Å². The lowest BCUT2D eigenvalue weighted by molar-refractivity contribution is -0.120. The van der Waals surface area contributed by atoms with E-state index in [9.17, 15) is 4.79 Å². The van der Waals surface area contributed by atoms with Crippen molar-refractivity contribution in [2.45, 2.75) is 19.3 Å². The van der Waals surface area contributed by atoms with Crippen LogP contribution in [0.25, 0.3) is 0 Å². The van der Waals surface area contributed by atoms with Crippen molar-refractivity contribution in [2.75, 3.05) is 12.3 Å². The molecule has 0 unspecified atom stereocenters. The quantitative estimate of drug-likeness (QED) is 0.792. The van der Waals surface area contributed by atoms with Crippen LogP contribution in [-0.2, 0) is 17.6 Å². The Morgan fingerprint density at radius 1 is 1.32 bits per heavy atom. The van der Waals surface area contributed by atoms with Gasteiger partial charge in [-0.15, -0.1) is 11.3 Å². The van der Waals surface area contributed by atoms with Gasteiger partial charge in [0.15, 0.2) is 5.13 Å². The lowest BCUT2D eigenvalue weighted by atomic mass is 10.1. The molecule has 0 saturated carbocycles. The molecule has 0 aliphatic heterocycles. The summed E-state index contributed by atoms with van der Waals surface area (Å²) in [5.74, 6) is -0.00152. The molecule has 1 aromatic heterocycles. The summed E-state index contributed by atoms with van der Waals surface area (Å²) in [6, 6.07) is 10.3. The van der Waals surface area contributed by atoms with Gasteiger partial charge in [0.2, 0.25) is 5.91 Å². The first-order chi connectivity index (χ1) is 9.24. The molecule has 0 aliphatic rings. The van der Waals surface area contributed by atoms with Crippen molar-refractivity contribution in [3.63, 3.8) is 0 Å².